The Kier molecular flexibility index (Phi) is 5.62. The predicted octanol–water partition coefficient (Wildman–Crippen LogP) is 0.521. The van der Waals surface area contributed by atoms with Gasteiger partial charge in [0.05, 0.1) is 23.6 Å². The highest BCUT2D eigenvalue weighted by Gasteiger charge is 2.22. The molecule has 0 aliphatic rings. The highest BCUT2D eigenvalue weighted by Crippen LogP contribution is 2.14. The van der Waals surface area contributed by atoms with Crippen LogP contribution in [-0.4, -0.2) is 50.1 Å². The molecule has 0 aliphatic carbocycles. The highest BCUT2D eigenvalue weighted by molar-refractivity contribution is 6.02. The largest absolute Gasteiger partial charge is 0.480 e. The van der Waals surface area contributed by atoms with Crippen molar-refractivity contribution < 1.29 is 19.5 Å². The Morgan fingerprint density at radius 1 is 1.24 bits per heavy atom. The van der Waals surface area contributed by atoms with Gasteiger partial charge in [-0.3, -0.25) is 14.4 Å². The molecular weight excluding hydrogens is 378 g/mol. The van der Waals surface area contributed by atoms with Gasteiger partial charge in [-0.05, 0) is 24.5 Å². The number of hydrogen-bond acceptors (Lipinski definition) is 5. The summed E-state index contributed by atoms with van der Waals surface area (Å²) in [6.07, 6.45) is 1.57. The number of para-hydroxylation sites is 1. The number of rotatable bonds is 7. The van der Waals surface area contributed by atoms with Crippen LogP contribution in [0.5, 0.6) is 0 Å². The van der Waals surface area contributed by atoms with E-state index >= 15 is 0 Å². The van der Waals surface area contributed by atoms with Crippen LogP contribution in [0.1, 0.15) is 30.6 Å². The molecule has 0 saturated heterocycles. The van der Waals surface area contributed by atoms with Gasteiger partial charge in [0.15, 0.2) is 0 Å². The van der Waals surface area contributed by atoms with E-state index in [-0.39, 0.29) is 29.1 Å². The summed E-state index contributed by atoms with van der Waals surface area (Å²) in [7, 11) is 0. The molecular formula is C19H21N5O5. The van der Waals surface area contributed by atoms with Crippen LogP contribution >= 0.6 is 0 Å². The molecule has 2 amide bonds. The van der Waals surface area contributed by atoms with Gasteiger partial charge in [-0.25, -0.2) is 9.31 Å². The predicted molar refractivity (Wildman–Crippen MR) is 105 cm³/mol. The van der Waals surface area contributed by atoms with Crippen molar-refractivity contribution in [2.24, 2.45) is 5.92 Å². The summed E-state index contributed by atoms with van der Waals surface area (Å²) in [5, 5.41) is 18.6. The van der Waals surface area contributed by atoms with Crippen LogP contribution in [0.4, 0.5) is 0 Å². The van der Waals surface area contributed by atoms with E-state index in [9.17, 15) is 24.3 Å². The zero-order chi connectivity index (χ0) is 21.1. The SMILES string of the molecule is CC(C)C[C@H](NC(=O)CNC(=O)c1cnn2c1[nH]c(=O)c1ccccc12)C(=O)O. The fraction of sp³-hybridized carbons (Fsp3) is 0.316. The van der Waals surface area contributed by atoms with Gasteiger partial charge >= 0.3 is 5.97 Å². The second-order valence-electron chi connectivity index (χ2n) is 7.06. The average Bonchev–Trinajstić information content (AvgIpc) is 3.09. The molecule has 10 heteroatoms. The van der Waals surface area contributed by atoms with Crippen molar-refractivity contribution >= 4 is 34.3 Å². The Bertz CT molecular complexity index is 1150. The second kappa shape index (κ2) is 8.13. The summed E-state index contributed by atoms with van der Waals surface area (Å²) >= 11 is 0. The van der Waals surface area contributed by atoms with Crippen LogP contribution in [0.25, 0.3) is 16.6 Å². The summed E-state index contributed by atoms with van der Waals surface area (Å²) in [5.41, 5.74) is 0.479. The molecule has 1 aromatic carbocycles. The standard InChI is InChI=1S/C19H21N5O5/c1-10(2)7-13(19(28)29)22-15(25)9-20-17(26)12-8-21-24-14-6-4-3-5-11(14)18(27)23-16(12)24/h3-6,8,10,13H,7,9H2,1-2H3,(H,20,26)(H,22,25)(H,23,27)(H,28,29)/t13-/m0/s1. The van der Waals surface area contributed by atoms with Gasteiger partial charge < -0.3 is 20.7 Å². The summed E-state index contributed by atoms with van der Waals surface area (Å²) in [6.45, 7) is 3.29. The molecule has 1 atom stereocenters. The maximum Gasteiger partial charge on any atom is 0.326 e. The lowest BCUT2D eigenvalue weighted by Gasteiger charge is -2.16. The molecule has 3 rings (SSSR count). The first-order chi connectivity index (χ1) is 13.8. The first kappa shape index (κ1) is 20.1. The summed E-state index contributed by atoms with van der Waals surface area (Å²) in [6, 6.07) is 5.81. The smallest absolute Gasteiger partial charge is 0.326 e. The number of nitrogens with one attached hydrogen (secondary N) is 3. The third-order valence-corrected chi connectivity index (χ3v) is 4.37. The zero-order valence-corrected chi connectivity index (χ0v) is 15.9. The minimum Gasteiger partial charge on any atom is -0.480 e. The van der Waals surface area contributed by atoms with E-state index in [2.05, 4.69) is 20.7 Å². The number of carboxylic acid groups (broad SMARTS) is 1. The molecule has 0 spiro atoms. The number of benzene rings is 1. The summed E-state index contributed by atoms with van der Waals surface area (Å²) in [4.78, 5) is 50.6. The van der Waals surface area contributed by atoms with Gasteiger partial charge in [-0.2, -0.15) is 5.10 Å². The lowest BCUT2D eigenvalue weighted by Crippen LogP contribution is -2.46. The topological polar surface area (TPSA) is 146 Å². The molecule has 0 unspecified atom stereocenters. The number of carbonyl (C=O) groups excluding carboxylic acids is 2. The van der Waals surface area contributed by atoms with Gasteiger partial charge in [0.1, 0.15) is 17.3 Å². The zero-order valence-electron chi connectivity index (χ0n) is 15.9. The van der Waals surface area contributed by atoms with Crippen molar-refractivity contribution in [3.05, 3.63) is 46.4 Å². The van der Waals surface area contributed by atoms with E-state index in [4.69, 9.17) is 0 Å². The molecule has 3 aromatic rings. The number of carboxylic acids is 1. The second-order valence-corrected chi connectivity index (χ2v) is 7.06. The number of hydrogen-bond donors (Lipinski definition) is 4. The quantitative estimate of drug-likeness (QED) is 0.456. The Labute approximate surface area is 164 Å². The molecule has 0 aliphatic heterocycles. The third-order valence-electron chi connectivity index (χ3n) is 4.37. The fourth-order valence-electron chi connectivity index (χ4n) is 3.04. The molecule has 4 N–H and O–H groups in total. The minimum atomic E-state index is -1.13. The number of nitrogens with zero attached hydrogens (tertiary/aromatic N) is 2. The molecule has 0 bridgehead atoms. The van der Waals surface area contributed by atoms with Crippen LogP contribution in [0.15, 0.2) is 35.3 Å². The normalized spacial score (nSPS) is 12.2. The van der Waals surface area contributed by atoms with Crippen LogP contribution in [-0.2, 0) is 9.59 Å². The Morgan fingerprint density at radius 2 is 1.97 bits per heavy atom. The first-order valence-corrected chi connectivity index (χ1v) is 9.07. The van der Waals surface area contributed by atoms with Crippen LogP contribution in [0, 0.1) is 5.92 Å². The number of aromatic amines is 1. The van der Waals surface area contributed by atoms with E-state index in [1.807, 2.05) is 13.8 Å². The number of fused-ring (bicyclic) bond motifs is 3. The van der Waals surface area contributed by atoms with E-state index in [0.717, 1.165) is 0 Å². The average molecular weight is 399 g/mol. The molecule has 0 fully saturated rings. The maximum atomic E-state index is 12.5. The Hall–Kier alpha value is -3.69. The van der Waals surface area contributed by atoms with Gasteiger partial charge in [0, 0.05) is 0 Å². The van der Waals surface area contributed by atoms with Gasteiger partial charge in [0.2, 0.25) is 5.91 Å². The van der Waals surface area contributed by atoms with Crippen LogP contribution in [0.3, 0.4) is 0 Å². The van der Waals surface area contributed by atoms with Crippen molar-refractivity contribution in [1.29, 1.82) is 0 Å². The van der Waals surface area contributed by atoms with Crippen LogP contribution in [0.2, 0.25) is 0 Å². The first-order valence-electron chi connectivity index (χ1n) is 9.07. The van der Waals surface area contributed by atoms with E-state index < -0.39 is 30.4 Å². The van der Waals surface area contributed by atoms with Crippen molar-refractivity contribution in [3.8, 4) is 0 Å². The molecule has 2 aromatic heterocycles. The molecule has 0 radical (unpaired) electrons. The molecule has 152 valence electrons. The minimum absolute atomic E-state index is 0.0800. The molecule has 2 heterocycles. The number of amides is 2. The number of aliphatic carboxylic acids is 1. The van der Waals surface area contributed by atoms with Gasteiger partial charge in [0.25, 0.3) is 11.5 Å². The monoisotopic (exact) mass is 399 g/mol. The number of aromatic nitrogens is 3. The number of carbonyl (C=O) groups is 3. The lowest BCUT2D eigenvalue weighted by molar-refractivity contribution is -0.142. The van der Waals surface area contributed by atoms with E-state index in [0.29, 0.717) is 10.9 Å². The molecule has 10 nitrogen and oxygen atoms in total. The van der Waals surface area contributed by atoms with Gasteiger partial charge in [-0.1, -0.05) is 26.0 Å². The van der Waals surface area contributed by atoms with E-state index in [1.165, 1.54) is 10.7 Å². The Morgan fingerprint density at radius 3 is 2.66 bits per heavy atom. The van der Waals surface area contributed by atoms with E-state index in [1.54, 1.807) is 24.3 Å². The summed E-state index contributed by atoms with van der Waals surface area (Å²) in [5.74, 6) is -2.29. The molecule has 0 saturated carbocycles. The van der Waals surface area contributed by atoms with Crippen LogP contribution < -0.4 is 16.2 Å². The van der Waals surface area contributed by atoms with Crippen molar-refractivity contribution in [3.63, 3.8) is 0 Å². The molecule has 29 heavy (non-hydrogen) atoms. The fourth-order valence-corrected chi connectivity index (χ4v) is 3.04. The Balaban J connectivity index is 1.74. The summed E-state index contributed by atoms with van der Waals surface area (Å²) < 4.78 is 1.44. The van der Waals surface area contributed by atoms with Crippen molar-refractivity contribution in [2.75, 3.05) is 6.54 Å². The van der Waals surface area contributed by atoms with Gasteiger partial charge in [-0.15, -0.1) is 0 Å². The highest BCUT2D eigenvalue weighted by atomic mass is 16.4. The number of H-pyrrole nitrogens is 1. The van der Waals surface area contributed by atoms with Crippen molar-refractivity contribution in [2.45, 2.75) is 26.3 Å². The van der Waals surface area contributed by atoms with Crippen molar-refractivity contribution in [1.82, 2.24) is 25.2 Å². The lowest BCUT2D eigenvalue weighted by atomic mass is 10.0. The maximum absolute atomic E-state index is 12.5. The third kappa shape index (κ3) is 4.26.